The smallest absolute Gasteiger partial charge is 0.0348 e. The number of nitrogens with one attached hydrogen (secondary N) is 1. The molecule has 0 aliphatic carbocycles. The van der Waals surface area contributed by atoms with Gasteiger partial charge in [-0.05, 0) is 29.5 Å². The first-order valence-electron chi connectivity index (χ1n) is 5.90. The molecule has 0 spiro atoms. The van der Waals surface area contributed by atoms with Gasteiger partial charge in [0.15, 0.2) is 0 Å². The van der Waals surface area contributed by atoms with E-state index in [2.05, 4.69) is 50.4 Å². The molecular formula is C14H22ClN. The van der Waals surface area contributed by atoms with Crippen molar-refractivity contribution in [2.24, 2.45) is 0 Å². The molecule has 1 nitrogen and oxygen atoms in total. The largest absolute Gasteiger partial charge is 0.315 e. The SMILES string of the molecule is CC(C)(C)c1ccc(CCNCCCl)cc1. The highest BCUT2D eigenvalue weighted by molar-refractivity contribution is 6.18. The zero-order valence-corrected chi connectivity index (χ0v) is 11.3. The molecule has 0 bridgehead atoms. The minimum atomic E-state index is 0.245. The van der Waals surface area contributed by atoms with Gasteiger partial charge in [-0.1, -0.05) is 45.0 Å². The Morgan fingerprint density at radius 2 is 1.69 bits per heavy atom. The van der Waals surface area contributed by atoms with Gasteiger partial charge < -0.3 is 5.32 Å². The number of hydrogen-bond acceptors (Lipinski definition) is 1. The number of hydrogen-bond donors (Lipinski definition) is 1. The van der Waals surface area contributed by atoms with Gasteiger partial charge in [0.25, 0.3) is 0 Å². The van der Waals surface area contributed by atoms with Crippen LogP contribution in [0.25, 0.3) is 0 Å². The van der Waals surface area contributed by atoms with Gasteiger partial charge >= 0.3 is 0 Å². The first-order chi connectivity index (χ1) is 7.54. The van der Waals surface area contributed by atoms with E-state index >= 15 is 0 Å². The van der Waals surface area contributed by atoms with E-state index in [0.29, 0.717) is 5.88 Å². The van der Waals surface area contributed by atoms with Crippen LogP contribution in [0.2, 0.25) is 0 Å². The second-order valence-corrected chi connectivity index (χ2v) is 5.51. The fraction of sp³-hybridized carbons (Fsp3) is 0.571. The highest BCUT2D eigenvalue weighted by Gasteiger charge is 2.12. The van der Waals surface area contributed by atoms with E-state index in [0.717, 1.165) is 19.5 Å². The van der Waals surface area contributed by atoms with Crippen molar-refractivity contribution in [3.8, 4) is 0 Å². The first-order valence-corrected chi connectivity index (χ1v) is 6.43. The van der Waals surface area contributed by atoms with E-state index < -0.39 is 0 Å². The summed E-state index contributed by atoms with van der Waals surface area (Å²) in [5.74, 6) is 0.683. The van der Waals surface area contributed by atoms with Crippen LogP contribution in [0.15, 0.2) is 24.3 Å². The predicted molar refractivity (Wildman–Crippen MR) is 72.4 cm³/mol. The van der Waals surface area contributed by atoms with Crippen LogP contribution in [0.5, 0.6) is 0 Å². The Balaban J connectivity index is 2.46. The van der Waals surface area contributed by atoms with Crippen LogP contribution >= 0.6 is 11.6 Å². The maximum atomic E-state index is 5.59. The molecule has 0 aliphatic rings. The van der Waals surface area contributed by atoms with E-state index in [1.165, 1.54) is 11.1 Å². The number of alkyl halides is 1. The van der Waals surface area contributed by atoms with Crippen LogP contribution in [-0.2, 0) is 11.8 Å². The minimum Gasteiger partial charge on any atom is -0.315 e. The molecule has 0 heterocycles. The molecule has 1 aromatic rings. The molecular weight excluding hydrogens is 218 g/mol. The summed E-state index contributed by atoms with van der Waals surface area (Å²) in [4.78, 5) is 0. The van der Waals surface area contributed by atoms with E-state index in [4.69, 9.17) is 11.6 Å². The number of halogens is 1. The molecule has 2 heteroatoms. The maximum absolute atomic E-state index is 5.59. The molecule has 0 saturated heterocycles. The Morgan fingerprint density at radius 3 is 2.19 bits per heavy atom. The van der Waals surface area contributed by atoms with E-state index in [1.807, 2.05) is 0 Å². The Kier molecular flexibility index (Phi) is 5.30. The Bertz CT molecular complexity index is 298. The van der Waals surface area contributed by atoms with Gasteiger partial charge in [-0.15, -0.1) is 11.6 Å². The van der Waals surface area contributed by atoms with Crippen LogP contribution in [0, 0.1) is 0 Å². The van der Waals surface area contributed by atoms with Crippen molar-refractivity contribution < 1.29 is 0 Å². The summed E-state index contributed by atoms with van der Waals surface area (Å²) in [6, 6.07) is 8.92. The molecule has 0 amide bonds. The predicted octanol–water partition coefficient (Wildman–Crippen LogP) is 3.36. The summed E-state index contributed by atoms with van der Waals surface area (Å²) in [6.07, 6.45) is 1.07. The monoisotopic (exact) mass is 239 g/mol. The van der Waals surface area contributed by atoms with E-state index in [-0.39, 0.29) is 5.41 Å². The zero-order chi connectivity index (χ0) is 12.0. The summed E-state index contributed by atoms with van der Waals surface area (Å²) in [6.45, 7) is 8.61. The Labute approximate surface area is 104 Å². The average Bonchev–Trinajstić information content (AvgIpc) is 2.24. The fourth-order valence-corrected chi connectivity index (χ4v) is 1.73. The lowest BCUT2D eigenvalue weighted by molar-refractivity contribution is 0.590. The molecule has 90 valence electrons. The van der Waals surface area contributed by atoms with Crippen molar-refractivity contribution in [3.63, 3.8) is 0 Å². The molecule has 0 aliphatic heterocycles. The number of benzene rings is 1. The normalized spacial score (nSPS) is 11.8. The summed E-state index contributed by atoms with van der Waals surface area (Å²) >= 11 is 5.59. The molecule has 0 radical (unpaired) electrons. The van der Waals surface area contributed by atoms with Gasteiger partial charge in [0.2, 0.25) is 0 Å². The maximum Gasteiger partial charge on any atom is 0.0348 e. The van der Waals surface area contributed by atoms with Gasteiger partial charge in [0.1, 0.15) is 0 Å². The van der Waals surface area contributed by atoms with Gasteiger partial charge in [-0.3, -0.25) is 0 Å². The molecule has 1 rings (SSSR count). The van der Waals surface area contributed by atoms with Gasteiger partial charge in [-0.2, -0.15) is 0 Å². The quantitative estimate of drug-likeness (QED) is 0.614. The molecule has 1 N–H and O–H groups in total. The lowest BCUT2D eigenvalue weighted by Crippen LogP contribution is -2.19. The van der Waals surface area contributed by atoms with Gasteiger partial charge in [0, 0.05) is 12.4 Å². The van der Waals surface area contributed by atoms with Crippen molar-refractivity contribution >= 4 is 11.6 Å². The van der Waals surface area contributed by atoms with Crippen LogP contribution in [0.3, 0.4) is 0 Å². The van der Waals surface area contributed by atoms with Crippen molar-refractivity contribution in [1.82, 2.24) is 5.32 Å². The van der Waals surface area contributed by atoms with Crippen LogP contribution in [-0.4, -0.2) is 19.0 Å². The summed E-state index contributed by atoms with van der Waals surface area (Å²) in [5.41, 5.74) is 3.02. The molecule has 0 aromatic heterocycles. The molecule has 0 unspecified atom stereocenters. The molecule has 0 fully saturated rings. The second kappa shape index (κ2) is 6.27. The lowest BCUT2D eigenvalue weighted by atomic mass is 9.86. The molecule has 0 saturated carbocycles. The average molecular weight is 240 g/mol. The molecule has 16 heavy (non-hydrogen) atoms. The Hall–Kier alpha value is -0.530. The third-order valence-electron chi connectivity index (χ3n) is 2.68. The van der Waals surface area contributed by atoms with E-state index in [9.17, 15) is 0 Å². The standard InChI is InChI=1S/C14H22ClN/c1-14(2,3)13-6-4-12(5-7-13)8-10-16-11-9-15/h4-7,16H,8-11H2,1-3H3. The highest BCUT2D eigenvalue weighted by Crippen LogP contribution is 2.22. The van der Waals surface area contributed by atoms with Gasteiger partial charge in [0.05, 0.1) is 0 Å². The van der Waals surface area contributed by atoms with Crippen LogP contribution in [0.4, 0.5) is 0 Å². The van der Waals surface area contributed by atoms with Crippen molar-refractivity contribution in [3.05, 3.63) is 35.4 Å². The topological polar surface area (TPSA) is 12.0 Å². The Morgan fingerprint density at radius 1 is 1.06 bits per heavy atom. The van der Waals surface area contributed by atoms with E-state index in [1.54, 1.807) is 0 Å². The highest BCUT2D eigenvalue weighted by atomic mass is 35.5. The first kappa shape index (κ1) is 13.5. The summed E-state index contributed by atoms with van der Waals surface area (Å²) < 4.78 is 0. The van der Waals surface area contributed by atoms with Gasteiger partial charge in [-0.25, -0.2) is 0 Å². The summed E-state index contributed by atoms with van der Waals surface area (Å²) in [7, 11) is 0. The zero-order valence-electron chi connectivity index (χ0n) is 10.5. The third-order valence-corrected chi connectivity index (χ3v) is 2.87. The molecule has 0 atom stereocenters. The van der Waals surface area contributed by atoms with Crippen LogP contribution < -0.4 is 5.32 Å². The summed E-state index contributed by atoms with van der Waals surface area (Å²) in [5, 5.41) is 3.30. The van der Waals surface area contributed by atoms with Crippen molar-refractivity contribution in [1.29, 1.82) is 0 Å². The fourth-order valence-electron chi connectivity index (χ4n) is 1.60. The lowest BCUT2D eigenvalue weighted by Gasteiger charge is -2.19. The van der Waals surface area contributed by atoms with Crippen molar-refractivity contribution in [2.75, 3.05) is 19.0 Å². The number of rotatable bonds is 5. The van der Waals surface area contributed by atoms with Crippen molar-refractivity contribution in [2.45, 2.75) is 32.6 Å². The van der Waals surface area contributed by atoms with Crippen LogP contribution in [0.1, 0.15) is 31.9 Å². The molecule has 1 aromatic carbocycles. The second-order valence-electron chi connectivity index (χ2n) is 5.14. The minimum absolute atomic E-state index is 0.245. The third kappa shape index (κ3) is 4.54.